The van der Waals surface area contributed by atoms with Crippen molar-refractivity contribution in [1.82, 2.24) is 9.47 Å². The van der Waals surface area contributed by atoms with E-state index in [2.05, 4.69) is 68.5 Å². The van der Waals surface area contributed by atoms with E-state index in [1.54, 1.807) is 0 Å². The minimum absolute atomic E-state index is 0.0000537. The monoisotopic (exact) mass is 510 g/mol. The summed E-state index contributed by atoms with van der Waals surface area (Å²) in [5.41, 5.74) is 5.00. The van der Waals surface area contributed by atoms with Crippen LogP contribution in [-0.4, -0.2) is 43.9 Å². The van der Waals surface area contributed by atoms with Crippen molar-refractivity contribution >= 4 is 37.3 Å². The number of ketones is 1. The first-order valence-electron chi connectivity index (χ1n) is 12.9. The number of aromatic nitrogens is 1. The second kappa shape index (κ2) is 10.6. The smallest absolute Gasteiger partial charge is 0.179 e. The first-order valence-corrected chi connectivity index (χ1v) is 16.0. The van der Waals surface area contributed by atoms with Crippen LogP contribution in [0.5, 0.6) is 0 Å². The molecule has 2 aromatic carbocycles. The van der Waals surface area contributed by atoms with Gasteiger partial charge in [-0.1, -0.05) is 50.9 Å². The lowest BCUT2D eigenvalue weighted by Crippen LogP contribution is -2.34. The predicted molar refractivity (Wildman–Crippen MR) is 150 cm³/mol. The van der Waals surface area contributed by atoms with Crippen molar-refractivity contribution in [3.8, 4) is 5.69 Å². The molecule has 1 unspecified atom stereocenters. The average molecular weight is 511 g/mol. The Morgan fingerprint density at radius 1 is 1.06 bits per heavy atom. The zero-order valence-corrected chi connectivity index (χ0v) is 23.9. The van der Waals surface area contributed by atoms with E-state index in [9.17, 15) is 4.79 Å². The maximum Gasteiger partial charge on any atom is 0.179 e. The number of rotatable bonds is 7. The fraction of sp³-hybridized carbons (Fsp3) is 0.483. The third-order valence-electron chi connectivity index (χ3n) is 6.91. The Morgan fingerprint density at radius 3 is 2.31 bits per heavy atom. The summed E-state index contributed by atoms with van der Waals surface area (Å²) in [6.45, 7) is 15.7. The van der Waals surface area contributed by atoms with Crippen molar-refractivity contribution < 1.29 is 9.22 Å². The standard InChI is InChI=1S/C29H39ClN2O2Si/c1-20-27(26(33)19-31-16-8-7-9-17-31)24-15-10-21(28(29(2,3)4)34-35(5)6)18-25(24)32(20)23-13-11-22(30)12-14-23/h10-15,18,28,35H,7-9,16-17,19H2,1-6H3. The third kappa shape index (κ3) is 5.74. The number of nitrogens with zero attached hydrogens (tertiary/aromatic N) is 2. The van der Waals surface area contributed by atoms with Crippen LogP contribution >= 0.6 is 11.6 Å². The molecule has 35 heavy (non-hydrogen) atoms. The molecular formula is C29H39ClN2O2Si. The number of fused-ring (bicyclic) bond motifs is 1. The number of likely N-dealkylation sites (tertiary alicyclic amines) is 1. The van der Waals surface area contributed by atoms with Crippen LogP contribution in [0.2, 0.25) is 18.1 Å². The van der Waals surface area contributed by atoms with Gasteiger partial charge in [-0.15, -0.1) is 0 Å². The summed E-state index contributed by atoms with van der Waals surface area (Å²) in [6.07, 6.45) is 3.61. The molecule has 4 rings (SSSR count). The van der Waals surface area contributed by atoms with Crippen LogP contribution in [0.4, 0.5) is 0 Å². The van der Waals surface area contributed by atoms with Crippen molar-refractivity contribution in [3.63, 3.8) is 0 Å². The number of hydrogen-bond donors (Lipinski definition) is 0. The fourth-order valence-electron chi connectivity index (χ4n) is 5.32. The van der Waals surface area contributed by atoms with E-state index in [4.69, 9.17) is 16.0 Å². The highest BCUT2D eigenvalue weighted by Gasteiger charge is 2.30. The molecule has 1 aliphatic heterocycles. The lowest BCUT2D eigenvalue weighted by Gasteiger charge is -2.33. The number of hydrogen-bond acceptors (Lipinski definition) is 3. The first-order chi connectivity index (χ1) is 16.6. The quantitative estimate of drug-likeness (QED) is 0.246. The van der Waals surface area contributed by atoms with E-state index in [1.165, 1.54) is 19.3 Å². The molecule has 1 saturated heterocycles. The first kappa shape index (κ1) is 26.1. The third-order valence-corrected chi connectivity index (χ3v) is 7.97. The summed E-state index contributed by atoms with van der Waals surface area (Å²) < 4.78 is 8.75. The molecule has 188 valence electrons. The normalized spacial score (nSPS) is 16.2. The second-order valence-corrected chi connectivity index (χ2v) is 14.0. The van der Waals surface area contributed by atoms with Gasteiger partial charge in [-0.25, -0.2) is 0 Å². The maximum atomic E-state index is 13.7. The van der Waals surface area contributed by atoms with E-state index in [1.807, 2.05) is 24.3 Å². The van der Waals surface area contributed by atoms with E-state index >= 15 is 0 Å². The van der Waals surface area contributed by atoms with Gasteiger partial charge in [0.25, 0.3) is 0 Å². The Bertz CT molecular complexity index is 1190. The van der Waals surface area contributed by atoms with Crippen LogP contribution in [0.1, 0.15) is 67.8 Å². The summed E-state index contributed by atoms with van der Waals surface area (Å²) in [5.74, 6) is 0.202. The van der Waals surface area contributed by atoms with E-state index in [-0.39, 0.29) is 17.3 Å². The lowest BCUT2D eigenvalue weighted by molar-refractivity contribution is 0.0867. The summed E-state index contributed by atoms with van der Waals surface area (Å²) in [6, 6.07) is 14.4. The van der Waals surface area contributed by atoms with Crippen LogP contribution in [-0.2, 0) is 4.43 Å². The summed E-state index contributed by atoms with van der Waals surface area (Å²) >= 11 is 6.21. The van der Waals surface area contributed by atoms with Gasteiger partial charge in [-0.05, 0) is 87.3 Å². The molecule has 1 aromatic heterocycles. The zero-order valence-electron chi connectivity index (χ0n) is 22.0. The Balaban J connectivity index is 1.86. The second-order valence-electron chi connectivity index (χ2n) is 11.2. The fourth-order valence-corrected chi connectivity index (χ4v) is 6.56. The molecular weight excluding hydrogens is 472 g/mol. The maximum absolute atomic E-state index is 13.7. The highest BCUT2D eigenvalue weighted by Crippen LogP contribution is 2.39. The van der Waals surface area contributed by atoms with Crippen molar-refractivity contribution in [2.75, 3.05) is 19.6 Å². The van der Waals surface area contributed by atoms with Crippen molar-refractivity contribution in [2.24, 2.45) is 5.41 Å². The van der Waals surface area contributed by atoms with Crippen LogP contribution in [0.25, 0.3) is 16.6 Å². The molecule has 2 heterocycles. The molecule has 4 nitrogen and oxygen atoms in total. The lowest BCUT2D eigenvalue weighted by atomic mass is 9.84. The molecule has 0 bridgehead atoms. The summed E-state index contributed by atoms with van der Waals surface area (Å²) in [5, 5.41) is 1.71. The topological polar surface area (TPSA) is 34.5 Å². The molecule has 1 aliphatic rings. The molecule has 3 aromatic rings. The van der Waals surface area contributed by atoms with Gasteiger partial charge in [-0.2, -0.15) is 0 Å². The Hall–Kier alpha value is -1.92. The van der Waals surface area contributed by atoms with E-state index in [0.717, 1.165) is 46.5 Å². The number of Topliss-reactive ketones (excluding diaryl/α,β-unsaturated/α-hetero) is 1. The molecule has 0 N–H and O–H groups in total. The van der Waals surface area contributed by atoms with Gasteiger partial charge in [0.05, 0.1) is 18.2 Å². The Kier molecular flexibility index (Phi) is 7.91. The number of benzene rings is 2. The van der Waals surface area contributed by atoms with Gasteiger partial charge in [0, 0.05) is 27.4 Å². The van der Waals surface area contributed by atoms with Crippen LogP contribution in [0.3, 0.4) is 0 Å². The predicted octanol–water partition coefficient (Wildman–Crippen LogP) is 7.35. The number of halogens is 1. The number of carbonyl (C=O) groups is 1. The molecule has 1 fully saturated rings. The average Bonchev–Trinajstić information content (AvgIpc) is 3.09. The van der Waals surface area contributed by atoms with Crippen LogP contribution in [0, 0.1) is 12.3 Å². The molecule has 6 heteroatoms. The highest BCUT2D eigenvalue weighted by atomic mass is 35.5. The zero-order chi connectivity index (χ0) is 25.3. The van der Waals surface area contributed by atoms with Gasteiger partial charge >= 0.3 is 0 Å². The Morgan fingerprint density at radius 2 is 1.71 bits per heavy atom. The highest BCUT2D eigenvalue weighted by molar-refractivity contribution is 6.48. The minimum atomic E-state index is -1.26. The molecule has 0 saturated carbocycles. The van der Waals surface area contributed by atoms with Crippen molar-refractivity contribution in [2.45, 2.75) is 66.2 Å². The Labute approximate surface area is 216 Å². The molecule has 0 radical (unpaired) electrons. The van der Waals surface area contributed by atoms with Crippen molar-refractivity contribution in [3.05, 3.63) is 64.3 Å². The van der Waals surface area contributed by atoms with Gasteiger partial charge in [0.15, 0.2) is 14.8 Å². The SMILES string of the molecule is Cc1c(C(=O)CN2CCCCC2)c2ccc(C(O[SiH](C)C)C(C)(C)C)cc2n1-c1ccc(Cl)cc1. The molecule has 0 amide bonds. The summed E-state index contributed by atoms with van der Waals surface area (Å²) in [7, 11) is -1.26. The van der Waals surface area contributed by atoms with Gasteiger partial charge in [0.2, 0.25) is 0 Å². The van der Waals surface area contributed by atoms with Crippen LogP contribution in [0.15, 0.2) is 42.5 Å². The van der Waals surface area contributed by atoms with Gasteiger partial charge < -0.3 is 8.99 Å². The van der Waals surface area contributed by atoms with Gasteiger partial charge in [0.1, 0.15) is 0 Å². The molecule has 0 spiro atoms. The van der Waals surface area contributed by atoms with Crippen molar-refractivity contribution in [1.29, 1.82) is 0 Å². The largest absolute Gasteiger partial charge is 0.413 e. The molecule has 1 atom stereocenters. The van der Waals surface area contributed by atoms with Crippen LogP contribution < -0.4 is 0 Å². The summed E-state index contributed by atoms with van der Waals surface area (Å²) in [4.78, 5) is 16.0. The molecule has 0 aliphatic carbocycles. The number of carbonyl (C=O) groups excluding carboxylic acids is 1. The van der Waals surface area contributed by atoms with Gasteiger partial charge in [-0.3, -0.25) is 9.69 Å². The minimum Gasteiger partial charge on any atom is -0.413 e. The van der Waals surface area contributed by atoms with E-state index in [0.29, 0.717) is 11.6 Å². The van der Waals surface area contributed by atoms with E-state index < -0.39 is 9.04 Å². The number of piperidine rings is 1.